The van der Waals surface area contributed by atoms with E-state index in [1.807, 2.05) is 25.0 Å². The molecule has 1 saturated carbocycles. The van der Waals surface area contributed by atoms with Crippen LogP contribution in [0.15, 0.2) is 23.3 Å². The van der Waals surface area contributed by atoms with Gasteiger partial charge in [0.25, 0.3) is 0 Å². The van der Waals surface area contributed by atoms with Crippen LogP contribution in [0.3, 0.4) is 0 Å². The molecule has 2 rings (SSSR count). The first-order chi connectivity index (χ1) is 11.3. The van der Waals surface area contributed by atoms with E-state index in [-0.39, 0.29) is 12.4 Å². The van der Waals surface area contributed by atoms with Crippen LogP contribution in [-0.4, -0.2) is 58.9 Å². The number of quaternary nitrogens is 1. The van der Waals surface area contributed by atoms with Crippen molar-refractivity contribution >= 4 is 13.0 Å². The van der Waals surface area contributed by atoms with Crippen LogP contribution in [-0.2, 0) is 4.79 Å². The van der Waals surface area contributed by atoms with E-state index < -0.39 is 0 Å². The lowest BCUT2D eigenvalue weighted by Gasteiger charge is -2.16. The largest absolute Gasteiger partial charge is 1.00 e. The van der Waals surface area contributed by atoms with Gasteiger partial charge in [-0.3, -0.25) is 0 Å². The average molecular weight is 374 g/mol. The second kappa shape index (κ2) is 13.5. The maximum atomic E-state index is 8.00. The second-order valence-corrected chi connectivity index (χ2v) is 6.90. The number of rotatable bonds is 4. The lowest BCUT2D eigenvalue weighted by molar-refractivity contribution is -0.849. The number of halogens is 1. The first-order valence-electron chi connectivity index (χ1n) is 7.99. The van der Waals surface area contributed by atoms with E-state index in [0.717, 1.165) is 34.4 Å². The number of nitrogens with two attached hydrogens (primary N) is 1. The van der Waals surface area contributed by atoms with Gasteiger partial charge in [0.1, 0.15) is 6.79 Å². The standard InChI is InChI=1S/C13H18N2O2.C4H12N.CH2O.ClH/c1-16-12-7-6-10(9-15-14)8-13(12)17-11-4-2-3-5-11;1-5(2,3)4;1-2;/h6-9,11H,2-5,14H2,1H3;1-4H3;1H2;1H/q;+1;;/p-1/b15-9+;;;. The summed E-state index contributed by atoms with van der Waals surface area (Å²) in [5.41, 5.74) is 0.918. The molecule has 25 heavy (non-hydrogen) atoms. The molecule has 1 fully saturated rings. The van der Waals surface area contributed by atoms with Crippen LogP contribution in [0.4, 0.5) is 0 Å². The zero-order valence-corrected chi connectivity index (χ0v) is 16.8. The van der Waals surface area contributed by atoms with Crippen LogP contribution in [0.25, 0.3) is 0 Å². The van der Waals surface area contributed by atoms with Crippen LogP contribution >= 0.6 is 0 Å². The molecule has 1 aromatic carbocycles. The summed E-state index contributed by atoms with van der Waals surface area (Å²) in [7, 11) is 10.1. The van der Waals surface area contributed by atoms with E-state index in [0.29, 0.717) is 6.10 Å². The molecule has 0 atom stereocenters. The van der Waals surface area contributed by atoms with Gasteiger partial charge < -0.3 is 37.0 Å². The fourth-order valence-electron chi connectivity index (χ4n) is 2.14. The Bertz CT molecular complexity index is 493. The molecule has 0 radical (unpaired) electrons. The van der Waals surface area contributed by atoms with Crippen molar-refractivity contribution < 1.29 is 31.2 Å². The molecule has 0 aromatic heterocycles. The monoisotopic (exact) mass is 373 g/mol. The number of carbonyl (C=O) groups is 1. The van der Waals surface area contributed by atoms with Gasteiger partial charge in [0.2, 0.25) is 0 Å². The minimum Gasteiger partial charge on any atom is -1.00 e. The van der Waals surface area contributed by atoms with Crippen molar-refractivity contribution in [3.8, 4) is 11.5 Å². The zero-order valence-electron chi connectivity index (χ0n) is 16.0. The minimum absolute atomic E-state index is 0. The number of benzene rings is 1. The van der Waals surface area contributed by atoms with Crippen molar-refractivity contribution in [1.29, 1.82) is 0 Å². The van der Waals surface area contributed by atoms with Crippen LogP contribution in [0.2, 0.25) is 0 Å². The third-order valence-corrected chi connectivity index (χ3v) is 3.01. The summed E-state index contributed by atoms with van der Waals surface area (Å²) in [6.07, 6.45) is 6.65. The molecular weight excluding hydrogens is 342 g/mol. The van der Waals surface area contributed by atoms with Gasteiger partial charge in [-0.05, 0) is 49.4 Å². The molecule has 1 aliphatic carbocycles. The van der Waals surface area contributed by atoms with Crippen LogP contribution in [0, 0.1) is 0 Å². The zero-order chi connectivity index (χ0) is 18.6. The molecule has 0 heterocycles. The van der Waals surface area contributed by atoms with Gasteiger partial charge in [-0.2, -0.15) is 5.10 Å². The number of methoxy groups -OCH3 is 1. The summed E-state index contributed by atoms with van der Waals surface area (Å²) < 4.78 is 12.2. The van der Waals surface area contributed by atoms with Gasteiger partial charge in [-0.15, -0.1) is 0 Å². The third kappa shape index (κ3) is 12.3. The molecule has 0 aliphatic heterocycles. The van der Waals surface area contributed by atoms with Crippen LogP contribution in [0.5, 0.6) is 11.5 Å². The molecule has 0 saturated heterocycles. The SMILES string of the molecule is C=O.COc1ccc(/C=N/N)cc1OC1CCCC1.C[N+](C)(C)C.[Cl-]. The predicted molar refractivity (Wildman–Crippen MR) is 98.7 cm³/mol. The van der Waals surface area contributed by atoms with Gasteiger partial charge >= 0.3 is 0 Å². The molecule has 0 bridgehead atoms. The Hall–Kier alpha value is -1.79. The quantitative estimate of drug-likeness (QED) is 0.332. The minimum atomic E-state index is 0. The first-order valence-corrected chi connectivity index (χ1v) is 7.99. The molecule has 6 nitrogen and oxygen atoms in total. The summed E-state index contributed by atoms with van der Waals surface area (Å²) in [6.45, 7) is 2.00. The van der Waals surface area contributed by atoms with Crippen molar-refractivity contribution in [2.45, 2.75) is 31.8 Å². The van der Waals surface area contributed by atoms with Crippen molar-refractivity contribution in [1.82, 2.24) is 0 Å². The number of carbonyl (C=O) groups excluding carboxylic acids is 1. The van der Waals surface area contributed by atoms with Gasteiger partial charge in [-0.1, -0.05) is 0 Å². The Balaban J connectivity index is 0. The van der Waals surface area contributed by atoms with Gasteiger partial charge in [-0.25, -0.2) is 0 Å². The number of ether oxygens (including phenoxy) is 2. The fourth-order valence-corrected chi connectivity index (χ4v) is 2.14. The Morgan fingerprint density at radius 1 is 1.16 bits per heavy atom. The molecule has 144 valence electrons. The highest BCUT2D eigenvalue weighted by atomic mass is 35.5. The lowest BCUT2D eigenvalue weighted by atomic mass is 10.2. The molecule has 1 aromatic rings. The summed E-state index contributed by atoms with van der Waals surface area (Å²) in [4.78, 5) is 8.00. The highest BCUT2D eigenvalue weighted by molar-refractivity contribution is 5.80. The maximum absolute atomic E-state index is 8.00. The summed E-state index contributed by atoms with van der Waals surface area (Å²) in [5, 5.41) is 3.51. The van der Waals surface area contributed by atoms with Crippen LogP contribution in [0.1, 0.15) is 31.2 Å². The van der Waals surface area contributed by atoms with Crippen LogP contribution < -0.4 is 27.7 Å². The third-order valence-electron chi connectivity index (χ3n) is 3.01. The molecular formula is C18H32ClN3O3. The molecule has 0 spiro atoms. The van der Waals surface area contributed by atoms with Gasteiger partial charge in [0.05, 0.1) is 47.6 Å². The molecule has 2 N–H and O–H groups in total. The van der Waals surface area contributed by atoms with E-state index in [9.17, 15) is 0 Å². The van der Waals surface area contributed by atoms with E-state index in [2.05, 4.69) is 33.3 Å². The summed E-state index contributed by atoms with van der Waals surface area (Å²) in [6, 6.07) is 5.69. The highest BCUT2D eigenvalue weighted by Gasteiger charge is 2.18. The highest BCUT2D eigenvalue weighted by Crippen LogP contribution is 2.32. The predicted octanol–water partition coefficient (Wildman–Crippen LogP) is -0.549. The van der Waals surface area contributed by atoms with Gasteiger partial charge in [0.15, 0.2) is 11.5 Å². The van der Waals surface area contributed by atoms with Crippen molar-refractivity contribution in [2.75, 3.05) is 35.3 Å². The Morgan fingerprint density at radius 3 is 2.12 bits per heavy atom. The van der Waals surface area contributed by atoms with Crippen molar-refractivity contribution in [2.24, 2.45) is 10.9 Å². The smallest absolute Gasteiger partial charge is 0.162 e. The van der Waals surface area contributed by atoms with Gasteiger partial charge in [0, 0.05) is 0 Å². The normalized spacial score (nSPS) is 13.8. The number of hydrogen-bond acceptors (Lipinski definition) is 5. The topological polar surface area (TPSA) is 73.9 Å². The number of hydrogen-bond donors (Lipinski definition) is 1. The summed E-state index contributed by atoms with van der Waals surface area (Å²) in [5.74, 6) is 6.67. The molecule has 0 amide bonds. The average Bonchev–Trinajstić information content (AvgIpc) is 3.01. The van der Waals surface area contributed by atoms with E-state index in [4.69, 9.17) is 20.1 Å². The molecule has 7 heteroatoms. The maximum Gasteiger partial charge on any atom is 0.162 e. The molecule has 0 unspecified atom stereocenters. The van der Waals surface area contributed by atoms with Crippen molar-refractivity contribution in [3.05, 3.63) is 23.8 Å². The first kappa shape index (κ1) is 25.5. The number of nitrogens with zero attached hydrogens (tertiary/aromatic N) is 2. The Labute approximate surface area is 158 Å². The second-order valence-electron chi connectivity index (χ2n) is 6.90. The van der Waals surface area contributed by atoms with E-state index >= 15 is 0 Å². The lowest BCUT2D eigenvalue weighted by Crippen LogP contribution is -3.00. The van der Waals surface area contributed by atoms with E-state index in [1.165, 1.54) is 12.8 Å². The summed E-state index contributed by atoms with van der Waals surface area (Å²) >= 11 is 0. The van der Waals surface area contributed by atoms with Crippen molar-refractivity contribution in [3.63, 3.8) is 0 Å². The number of hydrazone groups is 1. The van der Waals surface area contributed by atoms with E-state index in [1.54, 1.807) is 13.3 Å². The Kier molecular flexibility index (Phi) is 13.7. The Morgan fingerprint density at radius 2 is 1.68 bits per heavy atom. The molecule has 1 aliphatic rings. The fraction of sp³-hybridized carbons (Fsp3) is 0.556.